The molecule has 3 fully saturated rings. The van der Waals surface area contributed by atoms with Gasteiger partial charge in [0.1, 0.15) is 5.60 Å². The van der Waals surface area contributed by atoms with Gasteiger partial charge in [0.05, 0.1) is 12.5 Å². The molecule has 1 saturated carbocycles. The zero-order valence-electron chi connectivity index (χ0n) is 11.6. The Bertz CT molecular complexity index is 402. The van der Waals surface area contributed by atoms with E-state index in [9.17, 15) is 14.7 Å². The first-order chi connectivity index (χ1) is 9.56. The van der Waals surface area contributed by atoms with Crippen molar-refractivity contribution in [2.24, 2.45) is 11.8 Å². The van der Waals surface area contributed by atoms with Gasteiger partial charge in [0.25, 0.3) is 0 Å². The summed E-state index contributed by atoms with van der Waals surface area (Å²) in [6.45, 7) is 2.34. The van der Waals surface area contributed by atoms with Gasteiger partial charge in [0, 0.05) is 39.1 Å². The number of aliphatic hydroxyl groups is 1. The fourth-order valence-electron chi connectivity index (χ4n) is 2.87. The van der Waals surface area contributed by atoms with E-state index in [1.54, 1.807) is 0 Å². The predicted molar refractivity (Wildman–Crippen MR) is 70.8 cm³/mol. The van der Waals surface area contributed by atoms with E-state index in [1.807, 2.05) is 4.90 Å². The largest absolute Gasteiger partial charge is 0.386 e. The number of hydrogen-bond donors (Lipinski definition) is 2. The van der Waals surface area contributed by atoms with Gasteiger partial charge >= 0.3 is 0 Å². The molecule has 0 spiro atoms. The van der Waals surface area contributed by atoms with Crippen LogP contribution in [0.1, 0.15) is 25.7 Å². The summed E-state index contributed by atoms with van der Waals surface area (Å²) in [5, 5.41) is 12.9. The van der Waals surface area contributed by atoms with Crippen molar-refractivity contribution in [1.82, 2.24) is 10.2 Å². The number of carbonyl (C=O) groups is 2. The molecule has 2 N–H and O–H groups in total. The van der Waals surface area contributed by atoms with Crippen LogP contribution < -0.4 is 5.32 Å². The van der Waals surface area contributed by atoms with Crippen LogP contribution in [-0.2, 0) is 14.3 Å². The van der Waals surface area contributed by atoms with E-state index in [2.05, 4.69) is 5.32 Å². The molecule has 20 heavy (non-hydrogen) atoms. The van der Waals surface area contributed by atoms with Gasteiger partial charge in [0.15, 0.2) is 0 Å². The standard InChI is InChI=1S/C14H22N2O4/c17-12-5-11(7-16(12)6-10-1-2-10)13(18)15-8-14(19)3-4-20-9-14/h10-11,19H,1-9H2,(H,15,18). The van der Waals surface area contributed by atoms with Gasteiger partial charge < -0.3 is 20.1 Å². The monoisotopic (exact) mass is 282 g/mol. The number of nitrogens with one attached hydrogen (secondary N) is 1. The summed E-state index contributed by atoms with van der Waals surface area (Å²) in [6, 6.07) is 0. The molecule has 2 aliphatic heterocycles. The van der Waals surface area contributed by atoms with E-state index in [4.69, 9.17) is 4.74 Å². The van der Waals surface area contributed by atoms with E-state index < -0.39 is 5.60 Å². The molecule has 3 rings (SSSR count). The fraction of sp³-hybridized carbons (Fsp3) is 0.857. The molecule has 6 heteroatoms. The van der Waals surface area contributed by atoms with Gasteiger partial charge in [-0.1, -0.05) is 0 Å². The van der Waals surface area contributed by atoms with Crippen molar-refractivity contribution in [1.29, 1.82) is 0 Å². The summed E-state index contributed by atoms with van der Waals surface area (Å²) in [4.78, 5) is 25.8. The lowest BCUT2D eigenvalue weighted by Crippen LogP contribution is -2.45. The number of likely N-dealkylation sites (tertiary alicyclic amines) is 1. The molecule has 2 saturated heterocycles. The van der Waals surface area contributed by atoms with Crippen LogP contribution in [0.4, 0.5) is 0 Å². The van der Waals surface area contributed by atoms with Crippen LogP contribution >= 0.6 is 0 Å². The smallest absolute Gasteiger partial charge is 0.225 e. The molecular weight excluding hydrogens is 260 g/mol. The quantitative estimate of drug-likeness (QED) is 0.713. The number of nitrogens with zero attached hydrogens (tertiary/aromatic N) is 1. The third-order valence-corrected chi connectivity index (χ3v) is 4.43. The Hall–Kier alpha value is -1.14. The molecule has 2 amide bonds. The van der Waals surface area contributed by atoms with Gasteiger partial charge in [-0.3, -0.25) is 9.59 Å². The van der Waals surface area contributed by atoms with Crippen molar-refractivity contribution in [3.05, 3.63) is 0 Å². The van der Waals surface area contributed by atoms with Crippen LogP contribution in [0.5, 0.6) is 0 Å². The molecule has 0 radical (unpaired) electrons. The highest BCUT2D eigenvalue weighted by atomic mass is 16.5. The molecule has 0 aromatic heterocycles. The highest BCUT2D eigenvalue weighted by molar-refractivity contribution is 5.89. The van der Waals surface area contributed by atoms with E-state index in [0.717, 1.165) is 6.54 Å². The number of amides is 2. The van der Waals surface area contributed by atoms with Crippen molar-refractivity contribution in [2.75, 3.05) is 32.8 Å². The Morgan fingerprint density at radius 3 is 2.95 bits per heavy atom. The first-order valence-corrected chi connectivity index (χ1v) is 7.41. The lowest BCUT2D eigenvalue weighted by atomic mass is 10.0. The van der Waals surface area contributed by atoms with Crippen LogP contribution in [0.15, 0.2) is 0 Å². The Balaban J connectivity index is 1.46. The topological polar surface area (TPSA) is 78.9 Å². The van der Waals surface area contributed by atoms with Crippen molar-refractivity contribution in [3.8, 4) is 0 Å². The zero-order valence-corrected chi connectivity index (χ0v) is 11.6. The van der Waals surface area contributed by atoms with Crippen LogP contribution in [0.3, 0.4) is 0 Å². The van der Waals surface area contributed by atoms with Gasteiger partial charge in [-0.2, -0.15) is 0 Å². The van der Waals surface area contributed by atoms with E-state index in [0.29, 0.717) is 31.9 Å². The molecule has 2 unspecified atom stereocenters. The molecule has 1 aliphatic carbocycles. The maximum atomic E-state index is 12.1. The average molecular weight is 282 g/mol. The lowest BCUT2D eigenvalue weighted by molar-refractivity contribution is -0.129. The number of rotatable bonds is 5. The molecular formula is C14H22N2O4. The van der Waals surface area contributed by atoms with Gasteiger partial charge in [-0.05, 0) is 18.8 Å². The Kier molecular flexibility index (Phi) is 3.69. The molecule has 2 atom stereocenters. The first-order valence-electron chi connectivity index (χ1n) is 7.41. The molecule has 2 heterocycles. The number of carbonyl (C=O) groups excluding carboxylic acids is 2. The fourth-order valence-corrected chi connectivity index (χ4v) is 2.87. The van der Waals surface area contributed by atoms with Gasteiger partial charge in [-0.15, -0.1) is 0 Å². The van der Waals surface area contributed by atoms with Crippen LogP contribution in [0.2, 0.25) is 0 Å². The minimum atomic E-state index is -0.939. The first kappa shape index (κ1) is 13.8. The second kappa shape index (κ2) is 5.33. The van der Waals surface area contributed by atoms with Gasteiger partial charge in [0.2, 0.25) is 11.8 Å². The normalized spacial score (nSPS) is 33.8. The lowest BCUT2D eigenvalue weighted by Gasteiger charge is -2.22. The average Bonchev–Trinajstić information content (AvgIpc) is 3.01. The summed E-state index contributed by atoms with van der Waals surface area (Å²) < 4.78 is 5.14. The summed E-state index contributed by atoms with van der Waals surface area (Å²) >= 11 is 0. The maximum absolute atomic E-state index is 12.1. The Morgan fingerprint density at radius 1 is 1.50 bits per heavy atom. The van der Waals surface area contributed by atoms with Crippen molar-refractivity contribution >= 4 is 11.8 Å². The Morgan fingerprint density at radius 2 is 2.30 bits per heavy atom. The highest BCUT2D eigenvalue weighted by Gasteiger charge is 2.38. The van der Waals surface area contributed by atoms with Crippen molar-refractivity contribution in [3.63, 3.8) is 0 Å². The molecule has 0 aromatic rings. The van der Waals surface area contributed by atoms with Crippen LogP contribution in [-0.4, -0.2) is 60.3 Å². The summed E-state index contributed by atoms with van der Waals surface area (Å²) in [5.74, 6) is 0.334. The molecule has 0 aromatic carbocycles. The summed E-state index contributed by atoms with van der Waals surface area (Å²) in [7, 11) is 0. The second-order valence-corrected chi connectivity index (χ2v) is 6.39. The maximum Gasteiger partial charge on any atom is 0.225 e. The zero-order chi connectivity index (χ0) is 14.2. The SMILES string of the molecule is O=C(NCC1(O)CCOC1)C1CC(=O)N(CC2CC2)C1. The van der Waals surface area contributed by atoms with E-state index >= 15 is 0 Å². The van der Waals surface area contributed by atoms with Crippen LogP contribution in [0.25, 0.3) is 0 Å². The molecule has 6 nitrogen and oxygen atoms in total. The number of hydrogen-bond acceptors (Lipinski definition) is 4. The predicted octanol–water partition coefficient (Wildman–Crippen LogP) is -0.488. The second-order valence-electron chi connectivity index (χ2n) is 6.39. The molecule has 0 bridgehead atoms. The summed E-state index contributed by atoms with van der Waals surface area (Å²) in [5.41, 5.74) is -0.939. The minimum Gasteiger partial charge on any atom is -0.386 e. The third kappa shape index (κ3) is 3.12. The summed E-state index contributed by atoms with van der Waals surface area (Å²) in [6.07, 6.45) is 3.25. The van der Waals surface area contributed by atoms with Crippen LogP contribution in [0, 0.1) is 11.8 Å². The van der Waals surface area contributed by atoms with Gasteiger partial charge in [-0.25, -0.2) is 0 Å². The Labute approximate surface area is 118 Å². The third-order valence-electron chi connectivity index (χ3n) is 4.43. The minimum absolute atomic E-state index is 0.0833. The van der Waals surface area contributed by atoms with Crippen molar-refractivity contribution in [2.45, 2.75) is 31.3 Å². The molecule has 3 aliphatic rings. The molecule has 112 valence electrons. The van der Waals surface area contributed by atoms with E-state index in [1.165, 1.54) is 12.8 Å². The number of ether oxygens (including phenoxy) is 1. The van der Waals surface area contributed by atoms with E-state index in [-0.39, 0.29) is 30.9 Å². The van der Waals surface area contributed by atoms with Crippen molar-refractivity contribution < 1.29 is 19.4 Å². The highest BCUT2D eigenvalue weighted by Crippen LogP contribution is 2.32.